The molecule has 0 amide bonds. The van der Waals surface area contributed by atoms with Crippen LogP contribution in [0.25, 0.3) is 0 Å². The van der Waals surface area contributed by atoms with Gasteiger partial charge in [-0.25, -0.2) is 4.79 Å². The zero-order chi connectivity index (χ0) is 22.1. The van der Waals surface area contributed by atoms with E-state index in [1.807, 2.05) is 13.8 Å². The van der Waals surface area contributed by atoms with Crippen LogP contribution in [0, 0.1) is 31.1 Å². The lowest BCUT2D eigenvalue weighted by molar-refractivity contribution is -0.168. The van der Waals surface area contributed by atoms with Crippen molar-refractivity contribution in [3.63, 3.8) is 0 Å². The average Bonchev–Trinajstić information content (AvgIpc) is 3.48. The van der Waals surface area contributed by atoms with E-state index in [-0.39, 0.29) is 23.2 Å². The number of Topliss-reactive ketones (excluding diaryl/α,β-unsaturated/α-hetero) is 1. The van der Waals surface area contributed by atoms with Crippen LogP contribution in [-0.4, -0.2) is 40.9 Å². The summed E-state index contributed by atoms with van der Waals surface area (Å²) in [5.74, 6) is -0.217. The lowest BCUT2D eigenvalue weighted by atomic mass is 9.49. The molecule has 168 valence electrons. The van der Waals surface area contributed by atoms with Gasteiger partial charge in [-0.15, -0.1) is 11.6 Å². The van der Waals surface area contributed by atoms with E-state index >= 15 is 0 Å². The predicted molar refractivity (Wildman–Crippen MR) is 115 cm³/mol. The van der Waals surface area contributed by atoms with Crippen LogP contribution in [0.5, 0.6) is 0 Å². The molecule has 31 heavy (non-hydrogen) atoms. The highest BCUT2D eigenvalue weighted by molar-refractivity contribution is 6.24. The monoisotopic (exact) mass is 447 g/mol. The summed E-state index contributed by atoms with van der Waals surface area (Å²) in [4.78, 5) is 38.5. The molecular formula is C24H30ClNO5. The van der Waals surface area contributed by atoms with Crippen LogP contribution >= 0.6 is 11.6 Å². The molecule has 6 nitrogen and oxygen atoms in total. The van der Waals surface area contributed by atoms with Gasteiger partial charge in [0, 0.05) is 22.3 Å². The van der Waals surface area contributed by atoms with Gasteiger partial charge in [0.15, 0.2) is 6.61 Å². The molecule has 5 aliphatic carbocycles. The van der Waals surface area contributed by atoms with Gasteiger partial charge in [0.05, 0.1) is 23.7 Å². The van der Waals surface area contributed by atoms with E-state index in [4.69, 9.17) is 21.1 Å². The molecule has 1 heterocycles. The number of rotatable bonds is 6. The van der Waals surface area contributed by atoms with Crippen LogP contribution in [0.15, 0.2) is 0 Å². The number of carbonyl (C=O) groups excluding carboxylic acids is 3. The van der Waals surface area contributed by atoms with Gasteiger partial charge in [-0.05, 0) is 77.0 Å². The van der Waals surface area contributed by atoms with Crippen molar-refractivity contribution in [2.45, 2.75) is 76.1 Å². The van der Waals surface area contributed by atoms with Crippen LogP contribution in [0.1, 0.15) is 89.5 Å². The maximum atomic E-state index is 13.2. The number of nitrogens with zero attached hydrogens (tertiary/aromatic N) is 1. The van der Waals surface area contributed by atoms with Gasteiger partial charge in [0.25, 0.3) is 0 Å². The first-order valence-electron chi connectivity index (χ1n) is 11.4. The van der Waals surface area contributed by atoms with E-state index < -0.39 is 11.4 Å². The Bertz CT molecular complexity index is 961. The molecule has 5 saturated carbocycles. The van der Waals surface area contributed by atoms with Crippen molar-refractivity contribution in [2.24, 2.45) is 17.3 Å². The van der Waals surface area contributed by atoms with Gasteiger partial charge in [-0.3, -0.25) is 9.59 Å². The van der Waals surface area contributed by atoms with Crippen LogP contribution < -0.4 is 0 Å². The van der Waals surface area contributed by atoms with Crippen LogP contribution in [-0.2, 0) is 14.3 Å². The Morgan fingerprint density at radius 1 is 1.03 bits per heavy atom. The molecule has 0 N–H and O–H groups in total. The number of methoxy groups -OCH3 is 1. The van der Waals surface area contributed by atoms with Crippen molar-refractivity contribution in [1.29, 1.82) is 0 Å². The Morgan fingerprint density at radius 3 is 2.19 bits per heavy atom. The fraction of sp³-hybridized carbons (Fsp3) is 0.708. The lowest BCUT2D eigenvalue weighted by Crippen LogP contribution is -2.56. The number of ketones is 1. The van der Waals surface area contributed by atoms with Gasteiger partial charge >= 0.3 is 11.9 Å². The fourth-order valence-electron chi connectivity index (χ4n) is 7.17. The second kappa shape index (κ2) is 7.09. The van der Waals surface area contributed by atoms with Crippen molar-refractivity contribution in [1.82, 2.24) is 4.57 Å². The van der Waals surface area contributed by atoms with Crippen molar-refractivity contribution in [3.05, 3.63) is 22.5 Å². The maximum Gasteiger partial charge on any atom is 0.340 e. The van der Waals surface area contributed by atoms with Crippen LogP contribution in [0.2, 0.25) is 0 Å². The molecule has 2 atom stereocenters. The molecule has 7 heteroatoms. The zero-order valence-electron chi connectivity index (χ0n) is 18.5. The van der Waals surface area contributed by atoms with E-state index in [2.05, 4.69) is 4.57 Å². The summed E-state index contributed by atoms with van der Waals surface area (Å²) < 4.78 is 12.6. The van der Waals surface area contributed by atoms with Gasteiger partial charge in [-0.2, -0.15) is 0 Å². The normalized spacial score (nSPS) is 33.4. The molecule has 4 bridgehead atoms. The third-order valence-electron chi connectivity index (χ3n) is 8.03. The number of esters is 2. The number of hydrogen-bond donors (Lipinski definition) is 0. The molecule has 0 radical (unpaired) electrons. The standard InChI is InChI=1S/C24H30ClNO5/c1-13-19(20(21(28)30-3)14(2)26(13)17-4-5-17)18(27)11-31-22(29)23-7-15-6-16(8-23)10-24(25,9-15)12-23/h15-17H,4-12H2,1-3H3. The minimum Gasteiger partial charge on any atom is -0.465 e. The molecule has 1 aromatic heterocycles. The summed E-state index contributed by atoms with van der Waals surface area (Å²) >= 11 is 6.84. The number of carbonyl (C=O) groups is 3. The third kappa shape index (κ3) is 3.33. The average molecular weight is 448 g/mol. The maximum absolute atomic E-state index is 13.2. The third-order valence-corrected chi connectivity index (χ3v) is 8.48. The van der Waals surface area contributed by atoms with Crippen LogP contribution in [0.3, 0.4) is 0 Å². The summed E-state index contributed by atoms with van der Waals surface area (Å²) in [7, 11) is 1.31. The zero-order valence-corrected chi connectivity index (χ0v) is 19.2. The van der Waals surface area contributed by atoms with Gasteiger partial charge in [-0.1, -0.05) is 0 Å². The van der Waals surface area contributed by atoms with E-state index in [9.17, 15) is 14.4 Å². The molecule has 0 aliphatic heterocycles. The highest BCUT2D eigenvalue weighted by Crippen LogP contribution is 2.64. The van der Waals surface area contributed by atoms with E-state index in [0.29, 0.717) is 35.4 Å². The first-order chi connectivity index (χ1) is 14.7. The molecular weight excluding hydrogens is 418 g/mol. The number of ether oxygens (including phenoxy) is 2. The molecule has 5 aliphatic rings. The molecule has 0 saturated heterocycles. The Hall–Kier alpha value is -1.82. The number of aromatic nitrogens is 1. The first kappa shape index (κ1) is 21.0. The summed E-state index contributed by atoms with van der Waals surface area (Å²) in [5.41, 5.74) is 1.55. The van der Waals surface area contributed by atoms with Crippen molar-refractivity contribution in [2.75, 3.05) is 13.7 Å². The van der Waals surface area contributed by atoms with Crippen LogP contribution in [0.4, 0.5) is 0 Å². The second-order valence-corrected chi connectivity index (χ2v) is 11.2. The largest absolute Gasteiger partial charge is 0.465 e. The SMILES string of the molecule is COC(=O)c1c(C(=O)COC(=O)C23CC4CC(CC(Cl)(C4)C2)C3)c(C)n(C2CC2)c1C. The van der Waals surface area contributed by atoms with Gasteiger partial charge in [0.1, 0.15) is 0 Å². The van der Waals surface area contributed by atoms with Gasteiger partial charge in [0.2, 0.25) is 5.78 Å². The smallest absolute Gasteiger partial charge is 0.340 e. The highest BCUT2D eigenvalue weighted by atomic mass is 35.5. The van der Waals surface area contributed by atoms with Crippen molar-refractivity contribution >= 4 is 29.3 Å². The predicted octanol–water partition coefficient (Wildman–Crippen LogP) is 4.53. The lowest BCUT2D eigenvalue weighted by Gasteiger charge is -2.58. The molecule has 5 fully saturated rings. The first-order valence-corrected chi connectivity index (χ1v) is 11.7. The molecule has 1 aromatic rings. The van der Waals surface area contributed by atoms with E-state index in [1.54, 1.807) is 0 Å². The van der Waals surface area contributed by atoms with E-state index in [0.717, 1.165) is 56.3 Å². The fourth-order valence-corrected chi connectivity index (χ4v) is 7.87. The Kier molecular flexibility index (Phi) is 4.82. The Balaban J connectivity index is 1.36. The molecule has 0 spiro atoms. The summed E-state index contributed by atoms with van der Waals surface area (Å²) in [6, 6.07) is 0.319. The Labute approximate surface area is 187 Å². The summed E-state index contributed by atoms with van der Waals surface area (Å²) in [5, 5.41) is 0. The van der Waals surface area contributed by atoms with Crippen molar-refractivity contribution in [3.8, 4) is 0 Å². The highest BCUT2D eigenvalue weighted by Gasteiger charge is 2.60. The number of halogens is 1. The molecule has 0 aromatic carbocycles. The molecule has 2 unspecified atom stereocenters. The topological polar surface area (TPSA) is 74.6 Å². The Morgan fingerprint density at radius 2 is 1.65 bits per heavy atom. The molecule has 6 rings (SSSR count). The second-order valence-electron chi connectivity index (χ2n) is 10.4. The number of hydrogen-bond acceptors (Lipinski definition) is 5. The van der Waals surface area contributed by atoms with E-state index in [1.165, 1.54) is 7.11 Å². The summed E-state index contributed by atoms with van der Waals surface area (Å²) in [6.45, 7) is 3.34. The quantitative estimate of drug-likeness (QED) is 0.364. The van der Waals surface area contributed by atoms with Crippen molar-refractivity contribution < 1.29 is 23.9 Å². The summed E-state index contributed by atoms with van der Waals surface area (Å²) in [6.07, 6.45) is 7.45. The minimum atomic E-state index is -0.553. The minimum absolute atomic E-state index is 0.291. The van der Waals surface area contributed by atoms with Gasteiger partial charge < -0.3 is 14.0 Å². The number of alkyl halides is 1.